The second kappa shape index (κ2) is 27.7. The number of carbonyl (C=O) groups is 1. The Balaban J connectivity index is 3.85. The number of aliphatic hydroxyl groups excluding tert-OH is 2. The number of nitrogens with one attached hydrogen (secondary N) is 1. The van der Waals surface area contributed by atoms with E-state index in [4.69, 9.17) is 0 Å². The van der Waals surface area contributed by atoms with Crippen LogP contribution in [0.4, 0.5) is 0 Å². The first-order valence-electron chi connectivity index (χ1n) is 14.5. The highest BCUT2D eigenvalue weighted by atomic mass is 16.3. The van der Waals surface area contributed by atoms with Crippen molar-refractivity contribution in [1.29, 1.82) is 0 Å². The quantitative estimate of drug-likeness (QED) is 0.0930. The first-order valence-corrected chi connectivity index (χ1v) is 14.5. The molecule has 0 aliphatic carbocycles. The standard InChI is InChI=1S/C32H55NO3/c1-3-5-7-9-11-13-15-16-18-20-22-24-26-28-32(36)33-30(29-34)31(35)27-25-23-21-19-17-14-12-10-8-6-4-2/h5,7,11,13,16-19,25,27,30-31,34-35H,3-4,6,8-10,12,14-15,20-24,26,28-29H2,1-2H3,(H,33,36)/b7-5-,13-11-,18-16-,19-17+,27-25+. The Kier molecular flexibility index (Phi) is 26.2. The number of unbranched alkanes of at least 4 members (excludes halogenated alkanes) is 9. The lowest BCUT2D eigenvalue weighted by molar-refractivity contribution is -0.123. The Labute approximate surface area is 222 Å². The molecule has 0 aromatic rings. The third-order valence-electron chi connectivity index (χ3n) is 5.98. The van der Waals surface area contributed by atoms with Gasteiger partial charge >= 0.3 is 0 Å². The van der Waals surface area contributed by atoms with Gasteiger partial charge in [-0.3, -0.25) is 4.79 Å². The highest BCUT2D eigenvalue weighted by molar-refractivity contribution is 5.76. The summed E-state index contributed by atoms with van der Waals surface area (Å²) in [6.45, 7) is 4.10. The molecule has 36 heavy (non-hydrogen) atoms. The maximum atomic E-state index is 12.2. The van der Waals surface area contributed by atoms with E-state index in [-0.39, 0.29) is 12.5 Å². The van der Waals surface area contributed by atoms with Crippen LogP contribution in [0.1, 0.15) is 117 Å². The molecule has 2 atom stereocenters. The van der Waals surface area contributed by atoms with Crippen molar-refractivity contribution in [2.75, 3.05) is 6.61 Å². The summed E-state index contributed by atoms with van der Waals surface area (Å²) in [4.78, 5) is 12.2. The minimum atomic E-state index is -0.872. The SMILES string of the molecule is CC/C=C\C/C=C\C/C=C\CCCCCC(=O)NC(CO)C(O)/C=C/CC/C=C/CCCCCCC. The van der Waals surface area contributed by atoms with E-state index < -0.39 is 12.1 Å². The number of rotatable bonds is 24. The normalized spacial score (nSPS) is 14.2. The minimum absolute atomic E-state index is 0.110. The van der Waals surface area contributed by atoms with Crippen LogP contribution in [0.15, 0.2) is 60.8 Å². The van der Waals surface area contributed by atoms with Crippen LogP contribution < -0.4 is 5.32 Å². The second-order valence-corrected chi connectivity index (χ2v) is 9.42. The molecular weight excluding hydrogens is 446 g/mol. The van der Waals surface area contributed by atoms with Crippen LogP contribution in [-0.4, -0.2) is 34.9 Å². The van der Waals surface area contributed by atoms with Gasteiger partial charge in [0, 0.05) is 6.42 Å². The van der Waals surface area contributed by atoms with Gasteiger partial charge in [0.1, 0.15) is 0 Å². The lowest BCUT2D eigenvalue weighted by Gasteiger charge is -2.19. The van der Waals surface area contributed by atoms with Crippen molar-refractivity contribution in [2.24, 2.45) is 0 Å². The summed E-state index contributed by atoms with van der Waals surface area (Å²) in [6.07, 6.45) is 37.2. The van der Waals surface area contributed by atoms with Crippen molar-refractivity contribution in [1.82, 2.24) is 5.32 Å². The third-order valence-corrected chi connectivity index (χ3v) is 5.98. The molecule has 0 spiro atoms. The van der Waals surface area contributed by atoms with Gasteiger partial charge in [0.25, 0.3) is 0 Å². The molecule has 0 aromatic carbocycles. The number of allylic oxidation sites excluding steroid dienone is 9. The molecule has 4 heteroatoms. The van der Waals surface area contributed by atoms with Crippen molar-refractivity contribution in [3.63, 3.8) is 0 Å². The fourth-order valence-electron chi connectivity index (χ4n) is 3.73. The van der Waals surface area contributed by atoms with E-state index >= 15 is 0 Å². The fraction of sp³-hybridized carbons (Fsp3) is 0.656. The highest BCUT2D eigenvalue weighted by Crippen LogP contribution is 2.07. The largest absolute Gasteiger partial charge is 0.394 e. The lowest BCUT2D eigenvalue weighted by atomic mass is 10.1. The Hall–Kier alpha value is -1.91. The Morgan fingerprint density at radius 2 is 1.25 bits per heavy atom. The van der Waals surface area contributed by atoms with Gasteiger partial charge in [0.15, 0.2) is 0 Å². The second-order valence-electron chi connectivity index (χ2n) is 9.42. The first-order chi connectivity index (χ1) is 17.7. The molecule has 0 aromatic heterocycles. The first kappa shape index (κ1) is 34.1. The third kappa shape index (κ3) is 23.8. The zero-order chi connectivity index (χ0) is 26.5. The highest BCUT2D eigenvalue weighted by Gasteiger charge is 2.17. The van der Waals surface area contributed by atoms with Gasteiger partial charge in [-0.2, -0.15) is 0 Å². The Bertz CT molecular complexity index is 633. The van der Waals surface area contributed by atoms with Crippen LogP contribution in [0.2, 0.25) is 0 Å². The molecule has 2 unspecified atom stereocenters. The van der Waals surface area contributed by atoms with E-state index in [9.17, 15) is 15.0 Å². The van der Waals surface area contributed by atoms with E-state index in [1.54, 1.807) is 6.08 Å². The fourth-order valence-corrected chi connectivity index (χ4v) is 3.73. The molecule has 0 heterocycles. The molecule has 0 aliphatic heterocycles. The zero-order valence-electron chi connectivity index (χ0n) is 23.3. The molecule has 0 saturated heterocycles. The maximum Gasteiger partial charge on any atom is 0.220 e. The summed E-state index contributed by atoms with van der Waals surface area (Å²) in [5, 5.41) is 22.6. The molecule has 0 rings (SSSR count). The van der Waals surface area contributed by atoms with E-state index in [0.29, 0.717) is 6.42 Å². The molecule has 0 bridgehead atoms. The van der Waals surface area contributed by atoms with Crippen molar-refractivity contribution in [2.45, 2.75) is 129 Å². The van der Waals surface area contributed by atoms with Crippen molar-refractivity contribution in [3.05, 3.63) is 60.8 Å². The smallest absolute Gasteiger partial charge is 0.220 e. The summed E-state index contributed by atoms with van der Waals surface area (Å²) in [5.74, 6) is -0.110. The average Bonchev–Trinajstić information content (AvgIpc) is 2.88. The van der Waals surface area contributed by atoms with E-state index in [2.05, 4.69) is 67.8 Å². The van der Waals surface area contributed by atoms with Crippen LogP contribution in [0.25, 0.3) is 0 Å². The van der Waals surface area contributed by atoms with Crippen LogP contribution >= 0.6 is 0 Å². The van der Waals surface area contributed by atoms with Gasteiger partial charge in [-0.1, -0.05) is 107 Å². The predicted octanol–water partition coefficient (Wildman–Crippen LogP) is 7.89. The van der Waals surface area contributed by atoms with Gasteiger partial charge < -0.3 is 15.5 Å². The summed E-state index contributed by atoms with van der Waals surface area (Å²) >= 11 is 0. The molecule has 0 saturated carbocycles. The number of carbonyl (C=O) groups excluding carboxylic acids is 1. The van der Waals surface area contributed by atoms with E-state index in [1.807, 2.05) is 6.08 Å². The molecule has 4 nitrogen and oxygen atoms in total. The van der Waals surface area contributed by atoms with Crippen LogP contribution in [0, 0.1) is 0 Å². The predicted molar refractivity (Wildman–Crippen MR) is 156 cm³/mol. The van der Waals surface area contributed by atoms with E-state index in [0.717, 1.165) is 64.2 Å². The summed E-state index contributed by atoms with van der Waals surface area (Å²) in [6, 6.07) is -0.652. The molecule has 3 N–H and O–H groups in total. The average molecular weight is 502 g/mol. The zero-order valence-corrected chi connectivity index (χ0v) is 23.3. The Morgan fingerprint density at radius 3 is 1.92 bits per heavy atom. The Morgan fingerprint density at radius 1 is 0.694 bits per heavy atom. The van der Waals surface area contributed by atoms with Crippen molar-refractivity contribution >= 4 is 5.91 Å². The maximum absolute atomic E-state index is 12.2. The summed E-state index contributed by atoms with van der Waals surface area (Å²) in [5.41, 5.74) is 0. The van der Waals surface area contributed by atoms with E-state index in [1.165, 1.54) is 32.1 Å². The van der Waals surface area contributed by atoms with Gasteiger partial charge in [-0.25, -0.2) is 0 Å². The van der Waals surface area contributed by atoms with Crippen LogP contribution in [-0.2, 0) is 4.79 Å². The lowest BCUT2D eigenvalue weighted by Crippen LogP contribution is -2.45. The molecular formula is C32H55NO3. The number of amides is 1. The number of aliphatic hydroxyl groups is 2. The number of hydrogen-bond donors (Lipinski definition) is 3. The monoisotopic (exact) mass is 501 g/mol. The van der Waals surface area contributed by atoms with Gasteiger partial charge in [0.2, 0.25) is 5.91 Å². The minimum Gasteiger partial charge on any atom is -0.394 e. The van der Waals surface area contributed by atoms with Crippen LogP contribution in [0.5, 0.6) is 0 Å². The molecule has 206 valence electrons. The van der Waals surface area contributed by atoms with Gasteiger partial charge in [-0.05, 0) is 64.2 Å². The topological polar surface area (TPSA) is 69.6 Å². The number of hydrogen-bond acceptors (Lipinski definition) is 3. The van der Waals surface area contributed by atoms with Crippen molar-refractivity contribution in [3.8, 4) is 0 Å². The molecule has 0 aliphatic rings. The molecule has 0 fully saturated rings. The van der Waals surface area contributed by atoms with Crippen molar-refractivity contribution < 1.29 is 15.0 Å². The summed E-state index contributed by atoms with van der Waals surface area (Å²) < 4.78 is 0. The van der Waals surface area contributed by atoms with Gasteiger partial charge in [-0.15, -0.1) is 0 Å². The van der Waals surface area contributed by atoms with Gasteiger partial charge in [0.05, 0.1) is 18.8 Å². The molecule has 0 radical (unpaired) electrons. The van der Waals surface area contributed by atoms with Crippen LogP contribution in [0.3, 0.4) is 0 Å². The summed E-state index contributed by atoms with van der Waals surface area (Å²) in [7, 11) is 0. The molecule has 1 amide bonds.